The summed E-state index contributed by atoms with van der Waals surface area (Å²) in [5.41, 5.74) is 2.69. The van der Waals surface area contributed by atoms with Crippen molar-refractivity contribution in [3.05, 3.63) is 35.0 Å². The zero-order chi connectivity index (χ0) is 15.0. The molecule has 21 heavy (non-hydrogen) atoms. The summed E-state index contributed by atoms with van der Waals surface area (Å²) in [5, 5.41) is 2.06. The molecule has 0 unspecified atom stereocenters. The van der Waals surface area contributed by atoms with Gasteiger partial charge in [-0.3, -0.25) is 4.90 Å². The number of benzene rings is 1. The lowest BCUT2D eigenvalue weighted by molar-refractivity contribution is 0.145. The summed E-state index contributed by atoms with van der Waals surface area (Å²) < 4.78 is 2.45. The fourth-order valence-electron chi connectivity index (χ4n) is 3.23. The van der Waals surface area contributed by atoms with Crippen molar-refractivity contribution >= 4 is 22.5 Å². The largest absolute Gasteiger partial charge is 0.341 e. The van der Waals surface area contributed by atoms with Crippen molar-refractivity contribution in [2.24, 2.45) is 0 Å². The number of nitrogens with zero attached hydrogens (tertiary/aromatic N) is 3. The highest BCUT2D eigenvalue weighted by molar-refractivity contribution is 6.31. The minimum absolute atomic E-state index is 0.464. The smallest absolute Gasteiger partial charge is 0.0486 e. The molecule has 0 aliphatic carbocycles. The molecule has 0 bridgehead atoms. The van der Waals surface area contributed by atoms with Gasteiger partial charge in [0, 0.05) is 60.4 Å². The zero-order valence-electron chi connectivity index (χ0n) is 13.1. The molecule has 2 heterocycles. The van der Waals surface area contributed by atoms with Crippen LogP contribution in [0.4, 0.5) is 0 Å². The molecule has 0 amide bonds. The SMILES string of the molecule is CC(C)n1c(CN2CCN(C)CC2)cc2cc(Cl)ccc21. The minimum Gasteiger partial charge on any atom is -0.341 e. The number of halogens is 1. The van der Waals surface area contributed by atoms with Gasteiger partial charge in [-0.15, -0.1) is 0 Å². The highest BCUT2D eigenvalue weighted by atomic mass is 35.5. The maximum absolute atomic E-state index is 6.14. The lowest BCUT2D eigenvalue weighted by Gasteiger charge is -2.32. The van der Waals surface area contributed by atoms with Crippen LogP contribution in [0.1, 0.15) is 25.6 Å². The van der Waals surface area contributed by atoms with Gasteiger partial charge in [0.05, 0.1) is 0 Å². The molecule has 3 nitrogen and oxygen atoms in total. The fraction of sp³-hybridized carbons (Fsp3) is 0.529. The second-order valence-electron chi connectivity index (χ2n) is 6.38. The van der Waals surface area contributed by atoms with E-state index in [1.807, 2.05) is 6.07 Å². The average Bonchev–Trinajstić information content (AvgIpc) is 2.78. The molecular weight excluding hydrogens is 282 g/mol. The molecule has 0 N–H and O–H groups in total. The Balaban J connectivity index is 1.92. The first-order valence-electron chi connectivity index (χ1n) is 7.75. The number of likely N-dealkylation sites (N-methyl/N-ethyl adjacent to an activating group) is 1. The van der Waals surface area contributed by atoms with E-state index < -0.39 is 0 Å². The second-order valence-corrected chi connectivity index (χ2v) is 6.82. The predicted octanol–water partition coefficient (Wildman–Crippen LogP) is 3.62. The maximum atomic E-state index is 6.14. The summed E-state index contributed by atoms with van der Waals surface area (Å²) >= 11 is 6.14. The van der Waals surface area contributed by atoms with E-state index in [1.165, 1.54) is 16.6 Å². The first kappa shape index (κ1) is 14.9. The Kier molecular flexibility index (Phi) is 4.25. The highest BCUT2D eigenvalue weighted by Gasteiger charge is 2.18. The summed E-state index contributed by atoms with van der Waals surface area (Å²) in [5.74, 6) is 0. The van der Waals surface area contributed by atoms with Crippen LogP contribution in [-0.4, -0.2) is 47.6 Å². The van der Waals surface area contributed by atoms with Gasteiger partial charge in [0.1, 0.15) is 0 Å². The van der Waals surface area contributed by atoms with Gasteiger partial charge < -0.3 is 9.47 Å². The Hall–Kier alpha value is -1.03. The number of fused-ring (bicyclic) bond motifs is 1. The molecule has 2 aromatic rings. The topological polar surface area (TPSA) is 11.4 Å². The van der Waals surface area contributed by atoms with Gasteiger partial charge in [-0.05, 0) is 45.2 Å². The molecule has 1 fully saturated rings. The average molecular weight is 306 g/mol. The molecule has 0 saturated carbocycles. The molecule has 1 aliphatic heterocycles. The van der Waals surface area contributed by atoms with E-state index in [-0.39, 0.29) is 0 Å². The van der Waals surface area contributed by atoms with Gasteiger partial charge in [-0.2, -0.15) is 0 Å². The van der Waals surface area contributed by atoms with Crippen molar-refractivity contribution in [2.45, 2.75) is 26.4 Å². The first-order valence-corrected chi connectivity index (χ1v) is 8.12. The van der Waals surface area contributed by atoms with Gasteiger partial charge in [0.2, 0.25) is 0 Å². The molecule has 1 saturated heterocycles. The lowest BCUT2D eigenvalue weighted by atomic mass is 10.2. The van der Waals surface area contributed by atoms with E-state index in [0.29, 0.717) is 6.04 Å². The van der Waals surface area contributed by atoms with E-state index in [4.69, 9.17) is 11.6 Å². The number of hydrogen-bond acceptors (Lipinski definition) is 2. The highest BCUT2D eigenvalue weighted by Crippen LogP contribution is 2.27. The van der Waals surface area contributed by atoms with Gasteiger partial charge >= 0.3 is 0 Å². The van der Waals surface area contributed by atoms with Crippen LogP contribution in [0.25, 0.3) is 10.9 Å². The minimum atomic E-state index is 0.464. The molecule has 1 aliphatic rings. The van der Waals surface area contributed by atoms with E-state index in [0.717, 1.165) is 37.7 Å². The van der Waals surface area contributed by atoms with E-state index in [2.05, 4.69) is 53.5 Å². The molecule has 1 aromatic carbocycles. The van der Waals surface area contributed by atoms with E-state index in [9.17, 15) is 0 Å². The summed E-state index contributed by atoms with van der Waals surface area (Å²) in [7, 11) is 2.20. The third kappa shape index (κ3) is 3.10. The van der Waals surface area contributed by atoms with Gasteiger partial charge in [-0.25, -0.2) is 0 Å². The van der Waals surface area contributed by atoms with Crippen LogP contribution in [0.5, 0.6) is 0 Å². The summed E-state index contributed by atoms with van der Waals surface area (Å²) in [6.07, 6.45) is 0. The number of hydrogen-bond donors (Lipinski definition) is 0. The van der Waals surface area contributed by atoms with Crippen LogP contribution >= 0.6 is 11.6 Å². The van der Waals surface area contributed by atoms with Crippen molar-refractivity contribution < 1.29 is 0 Å². The van der Waals surface area contributed by atoms with Crippen molar-refractivity contribution in [1.29, 1.82) is 0 Å². The monoisotopic (exact) mass is 305 g/mol. The van der Waals surface area contributed by atoms with Gasteiger partial charge in [0.25, 0.3) is 0 Å². The Morgan fingerprint density at radius 1 is 1.10 bits per heavy atom. The molecule has 4 heteroatoms. The van der Waals surface area contributed by atoms with Crippen LogP contribution in [0.2, 0.25) is 5.02 Å². The standard InChI is InChI=1S/C17H24ClN3/c1-13(2)21-16(12-20-8-6-19(3)7-9-20)11-14-10-15(18)4-5-17(14)21/h4-5,10-11,13H,6-9,12H2,1-3H3. The third-order valence-electron chi connectivity index (χ3n) is 4.38. The summed E-state index contributed by atoms with van der Waals surface area (Å²) in [6.45, 7) is 10.1. The molecular formula is C17H24ClN3. The quantitative estimate of drug-likeness (QED) is 0.858. The van der Waals surface area contributed by atoms with Crippen LogP contribution in [-0.2, 0) is 6.54 Å². The molecule has 3 rings (SSSR count). The van der Waals surface area contributed by atoms with E-state index >= 15 is 0 Å². The third-order valence-corrected chi connectivity index (χ3v) is 4.61. The Labute approximate surface area is 132 Å². The van der Waals surface area contributed by atoms with E-state index in [1.54, 1.807) is 0 Å². The first-order chi connectivity index (χ1) is 10.0. The second kappa shape index (κ2) is 5.99. The van der Waals surface area contributed by atoms with Gasteiger partial charge in [0.15, 0.2) is 0 Å². The molecule has 0 radical (unpaired) electrons. The van der Waals surface area contributed by atoms with Crippen LogP contribution in [0, 0.1) is 0 Å². The Morgan fingerprint density at radius 2 is 1.81 bits per heavy atom. The van der Waals surface area contributed by atoms with Crippen molar-refractivity contribution in [3.8, 4) is 0 Å². The lowest BCUT2D eigenvalue weighted by Crippen LogP contribution is -2.44. The zero-order valence-corrected chi connectivity index (χ0v) is 13.9. The molecule has 114 valence electrons. The van der Waals surface area contributed by atoms with Crippen LogP contribution in [0.3, 0.4) is 0 Å². The predicted molar refractivity (Wildman–Crippen MR) is 90.1 cm³/mol. The number of aromatic nitrogens is 1. The Bertz CT molecular complexity index is 624. The normalized spacial score (nSPS) is 18.0. The summed E-state index contributed by atoms with van der Waals surface area (Å²) in [6, 6.07) is 8.97. The van der Waals surface area contributed by atoms with Crippen LogP contribution < -0.4 is 0 Å². The molecule has 0 atom stereocenters. The van der Waals surface area contributed by atoms with Crippen molar-refractivity contribution in [2.75, 3.05) is 33.2 Å². The fourth-order valence-corrected chi connectivity index (χ4v) is 3.41. The van der Waals surface area contributed by atoms with Gasteiger partial charge in [-0.1, -0.05) is 11.6 Å². The van der Waals surface area contributed by atoms with Crippen molar-refractivity contribution in [1.82, 2.24) is 14.4 Å². The maximum Gasteiger partial charge on any atom is 0.0486 e. The summed E-state index contributed by atoms with van der Waals surface area (Å²) in [4.78, 5) is 4.95. The number of rotatable bonds is 3. The Morgan fingerprint density at radius 3 is 2.48 bits per heavy atom. The van der Waals surface area contributed by atoms with Crippen LogP contribution in [0.15, 0.2) is 24.3 Å². The molecule has 0 spiro atoms. The number of piperazine rings is 1. The molecule has 1 aromatic heterocycles. The van der Waals surface area contributed by atoms with Crippen molar-refractivity contribution in [3.63, 3.8) is 0 Å².